The maximum absolute atomic E-state index is 10.9. The molecular formula is C29H49N5O. The second-order valence-electron chi connectivity index (χ2n) is 9.22. The topological polar surface area (TPSA) is 68.8 Å². The number of hydrogen-bond acceptors (Lipinski definition) is 6. The number of amidine groups is 1. The van der Waals surface area contributed by atoms with Crippen LogP contribution in [0.5, 0.6) is 0 Å². The van der Waals surface area contributed by atoms with Crippen LogP contribution in [0.1, 0.15) is 70.6 Å². The average Bonchev–Trinajstić information content (AvgIpc) is 3.19. The van der Waals surface area contributed by atoms with E-state index < -0.39 is 0 Å². The number of nitrogens with one attached hydrogen (secondary N) is 3. The molecule has 0 radical (unpaired) electrons. The quantitative estimate of drug-likeness (QED) is 0.442. The predicted molar refractivity (Wildman–Crippen MR) is 153 cm³/mol. The maximum atomic E-state index is 10.9. The van der Waals surface area contributed by atoms with Crippen LogP contribution < -0.4 is 16.0 Å². The minimum atomic E-state index is 0. The lowest BCUT2D eigenvalue weighted by Crippen LogP contribution is -2.41. The molecule has 0 aromatic carbocycles. The van der Waals surface area contributed by atoms with Crippen LogP contribution in [0.4, 0.5) is 0 Å². The minimum absolute atomic E-state index is 0. The van der Waals surface area contributed by atoms with E-state index in [1.54, 1.807) is 0 Å². The van der Waals surface area contributed by atoms with Crippen LogP contribution in [0.3, 0.4) is 0 Å². The van der Waals surface area contributed by atoms with E-state index in [9.17, 15) is 4.79 Å². The van der Waals surface area contributed by atoms with E-state index in [1.165, 1.54) is 47.4 Å². The number of piperidine rings is 1. The molecule has 3 N–H and O–H groups in total. The van der Waals surface area contributed by atoms with Crippen molar-refractivity contribution in [2.45, 2.75) is 73.8 Å². The summed E-state index contributed by atoms with van der Waals surface area (Å²) < 4.78 is 0. The number of allylic oxidation sites excluding steroid dienone is 4. The highest BCUT2D eigenvalue weighted by atomic mass is 16.1. The number of nitrogens with zero attached hydrogens (tertiary/aromatic N) is 2. The zero-order valence-corrected chi connectivity index (χ0v) is 18.9. The summed E-state index contributed by atoms with van der Waals surface area (Å²) in [4.78, 5) is 18.2. The minimum Gasteiger partial charge on any atom is -0.386 e. The Balaban J connectivity index is 0.00000259. The Morgan fingerprint density at radius 1 is 1.20 bits per heavy atom. The normalized spacial score (nSPS) is 25.3. The molecule has 0 spiro atoms. The van der Waals surface area contributed by atoms with Crippen LogP contribution in [0.25, 0.3) is 0 Å². The number of carbonyl (C=O) groups excluding carboxylic acids is 1. The van der Waals surface area contributed by atoms with Gasteiger partial charge in [-0.3, -0.25) is 0 Å². The number of aliphatic imine (C=N–C) groups is 1. The lowest BCUT2D eigenvalue weighted by molar-refractivity contribution is -0.109. The van der Waals surface area contributed by atoms with Gasteiger partial charge >= 0.3 is 0 Å². The molecule has 5 rings (SSSR count). The molecule has 2 atom stereocenters. The molecule has 6 nitrogen and oxygen atoms in total. The lowest BCUT2D eigenvalue weighted by Gasteiger charge is -2.38. The fourth-order valence-electron chi connectivity index (χ4n) is 5.14. The molecule has 0 amide bonds. The molecule has 2 fully saturated rings. The van der Waals surface area contributed by atoms with Gasteiger partial charge in [0.1, 0.15) is 12.1 Å². The van der Waals surface area contributed by atoms with Crippen molar-refractivity contribution in [1.29, 1.82) is 0 Å². The Morgan fingerprint density at radius 2 is 2.06 bits per heavy atom. The van der Waals surface area contributed by atoms with Gasteiger partial charge in [0.25, 0.3) is 0 Å². The second-order valence-corrected chi connectivity index (χ2v) is 9.22. The first-order valence-corrected chi connectivity index (χ1v) is 11.9. The van der Waals surface area contributed by atoms with Crippen LogP contribution >= 0.6 is 0 Å². The largest absolute Gasteiger partial charge is 0.386 e. The van der Waals surface area contributed by atoms with Gasteiger partial charge in [0.05, 0.1) is 11.7 Å². The van der Waals surface area contributed by atoms with Crippen LogP contribution in [0, 0.1) is 5.92 Å². The summed E-state index contributed by atoms with van der Waals surface area (Å²) in [5.74, 6) is 0.953. The summed E-state index contributed by atoms with van der Waals surface area (Å²) in [6.45, 7) is 5.27. The Bertz CT molecular complexity index is 1010. The number of dihydropyridines is 1. The highest BCUT2D eigenvalue weighted by molar-refractivity contribution is 5.87. The SMILES string of the molecule is C.C.C.CC1=C2NCCCCC2NC=C1N1CCC2=CN=C(NC3=CCC(C=O)C=C3)CC=C2C1.[HH].[HH]. The van der Waals surface area contributed by atoms with Crippen molar-refractivity contribution in [2.24, 2.45) is 10.9 Å². The van der Waals surface area contributed by atoms with Gasteiger partial charge < -0.3 is 25.6 Å². The van der Waals surface area contributed by atoms with E-state index in [4.69, 9.17) is 4.99 Å². The van der Waals surface area contributed by atoms with Crippen molar-refractivity contribution >= 4 is 12.1 Å². The molecule has 4 aliphatic heterocycles. The third-order valence-corrected chi connectivity index (χ3v) is 7.07. The molecule has 196 valence electrons. The van der Waals surface area contributed by atoms with Gasteiger partial charge in [0.15, 0.2) is 0 Å². The van der Waals surface area contributed by atoms with Gasteiger partial charge in [0.2, 0.25) is 0 Å². The van der Waals surface area contributed by atoms with Gasteiger partial charge in [0, 0.05) is 58.6 Å². The summed E-state index contributed by atoms with van der Waals surface area (Å²) in [5, 5.41) is 10.8. The molecular weight excluding hydrogens is 434 g/mol. The molecule has 6 heteroatoms. The molecule has 35 heavy (non-hydrogen) atoms. The number of hydrogen-bond donors (Lipinski definition) is 3. The standard InChI is InChI=1S/C26H33N5O.3CH4.2H2/c1-18-24(15-28-23-4-2-3-12-27-26(18)23)31-13-11-20-14-29-25(10-7-21(20)16-31)30-22-8-5-19(17-32)6-9-22;;;;;/h5,7-9,14-15,17,19,23,27-28H,2-4,6,10-13,16H2,1H3,(H,29,30);3*1H4;2*1H. The van der Waals surface area contributed by atoms with E-state index in [2.05, 4.69) is 46.1 Å². The zero-order valence-electron chi connectivity index (χ0n) is 18.9. The number of likely N-dealkylation sites (tertiary alicyclic amines) is 1. The first-order valence-electron chi connectivity index (χ1n) is 11.9. The molecule has 2 saturated heterocycles. The van der Waals surface area contributed by atoms with Crippen molar-refractivity contribution in [3.63, 3.8) is 0 Å². The van der Waals surface area contributed by atoms with Gasteiger partial charge in [-0.1, -0.05) is 40.5 Å². The van der Waals surface area contributed by atoms with Crippen molar-refractivity contribution < 1.29 is 7.65 Å². The molecule has 0 aromatic heterocycles. The van der Waals surface area contributed by atoms with Crippen molar-refractivity contribution in [1.82, 2.24) is 20.9 Å². The van der Waals surface area contributed by atoms with E-state index >= 15 is 0 Å². The summed E-state index contributed by atoms with van der Waals surface area (Å²) in [7, 11) is 0. The van der Waals surface area contributed by atoms with E-state index in [-0.39, 0.29) is 31.1 Å². The lowest BCUT2D eigenvalue weighted by atomic mass is 9.94. The molecule has 5 aliphatic rings. The van der Waals surface area contributed by atoms with E-state index in [1.807, 2.05) is 18.4 Å². The maximum Gasteiger partial charge on any atom is 0.127 e. The average molecular weight is 484 g/mol. The molecule has 0 bridgehead atoms. The number of aldehydes is 1. The van der Waals surface area contributed by atoms with Crippen LogP contribution in [0.15, 0.2) is 75.5 Å². The van der Waals surface area contributed by atoms with E-state index in [0.717, 1.165) is 56.7 Å². The number of carbonyl (C=O) groups is 1. The fraction of sp³-hybridized carbons (Fsp3) is 0.517. The van der Waals surface area contributed by atoms with Crippen LogP contribution in [-0.4, -0.2) is 42.7 Å². The summed E-state index contributed by atoms with van der Waals surface area (Å²) in [6.07, 6.45) is 19.9. The fourth-order valence-corrected chi connectivity index (χ4v) is 5.14. The predicted octanol–water partition coefficient (Wildman–Crippen LogP) is 5.81. The summed E-state index contributed by atoms with van der Waals surface area (Å²) >= 11 is 0. The molecule has 0 aromatic rings. The molecule has 4 heterocycles. The van der Waals surface area contributed by atoms with Crippen molar-refractivity contribution in [3.8, 4) is 0 Å². The van der Waals surface area contributed by atoms with Crippen LogP contribution in [-0.2, 0) is 4.79 Å². The Labute approximate surface area is 215 Å². The van der Waals surface area contributed by atoms with Gasteiger partial charge in [-0.2, -0.15) is 0 Å². The summed E-state index contributed by atoms with van der Waals surface area (Å²) in [5.41, 5.74) is 7.83. The van der Waals surface area contributed by atoms with Crippen molar-refractivity contribution in [2.75, 3.05) is 19.6 Å². The summed E-state index contributed by atoms with van der Waals surface area (Å²) in [6, 6.07) is 0.436. The smallest absolute Gasteiger partial charge is 0.127 e. The highest BCUT2D eigenvalue weighted by Gasteiger charge is 2.28. The Hall–Kier alpha value is -3.02. The molecule has 0 saturated carbocycles. The molecule has 1 aliphatic carbocycles. The molecule has 2 unspecified atom stereocenters. The highest BCUT2D eigenvalue weighted by Crippen LogP contribution is 2.32. The monoisotopic (exact) mass is 483 g/mol. The zero-order chi connectivity index (χ0) is 21.9. The first-order chi connectivity index (χ1) is 15.7. The Morgan fingerprint density at radius 3 is 2.83 bits per heavy atom. The first kappa shape index (κ1) is 28.2. The van der Waals surface area contributed by atoms with E-state index in [0.29, 0.717) is 6.04 Å². The van der Waals surface area contributed by atoms with Crippen LogP contribution in [0.2, 0.25) is 0 Å². The Kier molecular flexibility index (Phi) is 10.2. The second kappa shape index (κ2) is 12.6. The van der Waals surface area contributed by atoms with Gasteiger partial charge in [-0.15, -0.1) is 0 Å². The third-order valence-electron chi connectivity index (χ3n) is 7.07. The van der Waals surface area contributed by atoms with Gasteiger partial charge in [-0.25, -0.2) is 4.99 Å². The number of rotatable bonds is 3. The van der Waals surface area contributed by atoms with Gasteiger partial charge in [-0.05, 0) is 61.8 Å². The third kappa shape index (κ3) is 6.16. The van der Waals surface area contributed by atoms with Crippen molar-refractivity contribution in [3.05, 3.63) is 70.5 Å². The number of fused-ring (bicyclic) bond motifs is 2.